The second-order valence-corrected chi connectivity index (χ2v) is 8.42. The molecule has 4 rings (SSSR count). The number of aromatic amines is 1. The van der Waals surface area contributed by atoms with Crippen LogP contribution < -0.4 is 10.2 Å². The lowest BCUT2D eigenvalue weighted by Crippen LogP contribution is -2.33. The van der Waals surface area contributed by atoms with Crippen molar-refractivity contribution in [2.24, 2.45) is 5.92 Å². The standard InChI is InChI=1S/C21H27N5O2S/c1-3-13(2)16-6-4-5-7-17(16)25-12-14(10-19(25)27)20(28)22-11-18-23-24-21(29)26(18)15-8-9-15/h4-7,13-15H,3,8-12H2,1-2H3,(H,22,28)(H,24,29). The van der Waals surface area contributed by atoms with E-state index in [1.165, 1.54) is 0 Å². The van der Waals surface area contributed by atoms with E-state index >= 15 is 0 Å². The van der Waals surface area contributed by atoms with Gasteiger partial charge in [-0.05, 0) is 49.0 Å². The van der Waals surface area contributed by atoms with Gasteiger partial charge in [0.15, 0.2) is 10.6 Å². The Morgan fingerprint density at radius 1 is 1.38 bits per heavy atom. The van der Waals surface area contributed by atoms with Crippen LogP contribution in [0, 0.1) is 10.7 Å². The van der Waals surface area contributed by atoms with Crippen LogP contribution in [-0.4, -0.2) is 33.1 Å². The lowest BCUT2D eigenvalue weighted by Gasteiger charge is -2.23. The summed E-state index contributed by atoms with van der Waals surface area (Å²) < 4.78 is 2.59. The van der Waals surface area contributed by atoms with Gasteiger partial charge in [0.25, 0.3) is 0 Å². The fourth-order valence-corrected chi connectivity index (χ4v) is 4.27. The van der Waals surface area contributed by atoms with Gasteiger partial charge < -0.3 is 10.2 Å². The summed E-state index contributed by atoms with van der Waals surface area (Å²) in [6.45, 7) is 5.03. The second kappa shape index (κ2) is 8.10. The maximum atomic E-state index is 12.8. The van der Waals surface area contributed by atoms with Crippen molar-refractivity contribution in [3.8, 4) is 0 Å². The van der Waals surface area contributed by atoms with Gasteiger partial charge in [0.1, 0.15) is 0 Å². The SMILES string of the molecule is CCC(C)c1ccccc1N1CC(C(=O)NCc2n[nH]c(=S)n2C2CC2)CC1=O. The molecule has 8 heteroatoms. The molecule has 0 bridgehead atoms. The van der Waals surface area contributed by atoms with Crippen LogP contribution in [0.25, 0.3) is 0 Å². The van der Waals surface area contributed by atoms with Crippen LogP contribution in [0.15, 0.2) is 24.3 Å². The molecule has 29 heavy (non-hydrogen) atoms. The van der Waals surface area contributed by atoms with Crippen molar-refractivity contribution in [2.45, 2.75) is 58.0 Å². The zero-order valence-electron chi connectivity index (χ0n) is 16.9. The van der Waals surface area contributed by atoms with Crippen LogP contribution in [0.5, 0.6) is 0 Å². The predicted molar refractivity (Wildman–Crippen MR) is 113 cm³/mol. The lowest BCUT2D eigenvalue weighted by molar-refractivity contribution is -0.126. The van der Waals surface area contributed by atoms with E-state index in [0.717, 1.165) is 36.3 Å². The Morgan fingerprint density at radius 3 is 2.86 bits per heavy atom. The van der Waals surface area contributed by atoms with E-state index in [4.69, 9.17) is 12.2 Å². The quantitative estimate of drug-likeness (QED) is 0.681. The molecule has 0 radical (unpaired) electrons. The van der Waals surface area contributed by atoms with Gasteiger partial charge in [-0.25, -0.2) is 0 Å². The summed E-state index contributed by atoms with van der Waals surface area (Å²) in [5.74, 6) is 0.634. The second-order valence-electron chi connectivity index (χ2n) is 8.04. The minimum absolute atomic E-state index is 0.00145. The summed E-state index contributed by atoms with van der Waals surface area (Å²) in [7, 11) is 0. The summed E-state index contributed by atoms with van der Waals surface area (Å²) in [4.78, 5) is 27.2. The Bertz CT molecular complexity index is 977. The topological polar surface area (TPSA) is 83.0 Å². The van der Waals surface area contributed by atoms with Crippen LogP contribution in [0.2, 0.25) is 0 Å². The highest BCUT2D eigenvalue weighted by Crippen LogP contribution is 2.36. The van der Waals surface area contributed by atoms with Gasteiger partial charge in [-0.2, -0.15) is 5.10 Å². The molecule has 1 aliphatic heterocycles. The first-order chi connectivity index (χ1) is 14.0. The third kappa shape index (κ3) is 3.99. The number of rotatable bonds is 7. The summed E-state index contributed by atoms with van der Waals surface area (Å²) in [6.07, 6.45) is 3.42. The van der Waals surface area contributed by atoms with Crippen molar-refractivity contribution in [2.75, 3.05) is 11.4 Å². The fourth-order valence-electron chi connectivity index (χ4n) is 3.97. The number of para-hydroxylation sites is 1. The zero-order chi connectivity index (χ0) is 20.5. The number of hydrogen-bond acceptors (Lipinski definition) is 4. The zero-order valence-corrected chi connectivity index (χ0v) is 17.7. The van der Waals surface area contributed by atoms with Crippen LogP contribution >= 0.6 is 12.2 Å². The molecule has 2 heterocycles. The smallest absolute Gasteiger partial charge is 0.227 e. The number of hydrogen-bond donors (Lipinski definition) is 2. The van der Waals surface area contributed by atoms with Crippen molar-refractivity contribution >= 4 is 29.7 Å². The number of aromatic nitrogens is 3. The molecule has 2 fully saturated rings. The Labute approximate surface area is 175 Å². The average Bonchev–Trinajstić information content (AvgIpc) is 3.39. The Kier molecular flexibility index (Phi) is 5.54. The normalized spacial score (nSPS) is 20.1. The molecule has 2 atom stereocenters. The molecule has 7 nitrogen and oxygen atoms in total. The van der Waals surface area contributed by atoms with Gasteiger partial charge in [0.2, 0.25) is 11.8 Å². The van der Waals surface area contributed by atoms with Crippen molar-refractivity contribution in [3.63, 3.8) is 0 Å². The van der Waals surface area contributed by atoms with E-state index < -0.39 is 0 Å². The van der Waals surface area contributed by atoms with E-state index in [9.17, 15) is 9.59 Å². The molecule has 1 saturated heterocycles. The van der Waals surface area contributed by atoms with Crippen LogP contribution in [0.1, 0.15) is 62.9 Å². The number of H-pyrrole nitrogens is 1. The maximum Gasteiger partial charge on any atom is 0.227 e. The number of nitrogens with one attached hydrogen (secondary N) is 2. The summed E-state index contributed by atoms with van der Waals surface area (Å²) >= 11 is 5.29. The Balaban J connectivity index is 1.43. The molecule has 0 spiro atoms. The molecule has 1 aliphatic carbocycles. The third-order valence-corrected chi connectivity index (χ3v) is 6.26. The molecule has 1 saturated carbocycles. The molecule has 1 aromatic heterocycles. The summed E-state index contributed by atoms with van der Waals surface area (Å²) in [5, 5.41) is 10.0. The number of benzene rings is 1. The molecule has 154 valence electrons. The number of nitrogens with zero attached hydrogens (tertiary/aromatic N) is 3. The van der Waals surface area contributed by atoms with Gasteiger partial charge in [0, 0.05) is 24.7 Å². The van der Waals surface area contributed by atoms with Crippen LogP contribution in [-0.2, 0) is 16.1 Å². The van der Waals surface area contributed by atoms with E-state index in [-0.39, 0.29) is 24.2 Å². The Morgan fingerprint density at radius 2 is 2.14 bits per heavy atom. The number of carbonyl (C=O) groups is 2. The minimum atomic E-state index is -0.358. The molecule has 2 unspecified atom stereocenters. The molecule has 1 aromatic carbocycles. The summed E-state index contributed by atoms with van der Waals surface area (Å²) in [5.41, 5.74) is 2.08. The first kappa shape index (κ1) is 19.8. The van der Waals surface area contributed by atoms with Crippen LogP contribution in [0.3, 0.4) is 0 Å². The number of anilines is 1. The number of carbonyl (C=O) groups excluding carboxylic acids is 2. The van der Waals surface area contributed by atoms with Crippen molar-refractivity contribution in [1.82, 2.24) is 20.1 Å². The largest absolute Gasteiger partial charge is 0.348 e. The molecular weight excluding hydrogens is 386 g/mol. The maximum absolute atomic E-state index is 12.8. The number of amides is 2. The van der Waals surface area contributed by atoms with E-state index in [2.05, 4.69) is 35.4 Å². The molecule has 2 aromatic rings. The van der Waals surface area contributed by atoms with E-state index in [1.54, 1.807) is 4.90 Å². The Hall–Kier alpha value is -2.48. The van der Waals surface area contributed by atoms with Gasteiger partial charge in [0.05, 0.1) is 12.5 Å². The highest BCUT2D eigenvalue weighted by molar-refractivity contribution is 7.71. The van der Waals surface area contributed by atoms with Crippen LogP contribution in [0.4, 0.5) is 5.69 Å². The third-order valence-electron chi connectivity index (χ3n) is 5.98. The molecule has 2 N–H and O–H groups in total. The summed E-state index contributed by atoms with van der Waals surface area (Å²) in [6, 6.07) is 8.40. The van der Waals surface area contributed by atoms with Crippen molar-refractivity contribution in [3.05, 3.63) is 40.4 Å². The average molecular weight is 414 g/mol. The molecule has 2 amide bonds. The van der Waals surface area contributed by atoms with Gasteiger partial charge in [-0.3, -0.25) is 19.3 Å². The highest BCUT2D eigenvalue weighted by Gasteiger charge is 2.36. The van der Waals surface area contributed by atoms with Gasteiger partial charge >= 0.3 is 0 Å². The van der Waals surface area contributed by atoms with E-state index in [1.807, 2.05) is 22.8 Å². The first-order valence-corrected chi connectivity index (χ1v) is 10.7. The molecular formula is C21H27N5O2S. The van der Waals surface area contributed by atoms with Crippen molar-refractivity contribution in [1.29, 1.82) is 0 Å². The fraction of sp³-hybridized carbons (Fsp3) is 0.524. The van der Waals surface area contributed by atoms with Crippen molar-refractivity contribution < 1.29 is 9.59 Å². The minimum Gasteiger partial charge on any atom is -0.348 e. The highest BCUT2D eigenvalue weighted by atomic mass is 32.1. The van der Waals surface area contributed by atoms with Gasteiger partial charge in [-0.15, -0.1) is 0 Å². The lowest BCUT2D eigenvalue weighted by atomic mass is 9.96. The van der Waals surface area contributed by atoms with Gasteiger partial charge in [-0.1, -0.05) is 32.0 Å². The monoisotopic (exact) mass is 413 g/mol. The predicted octanol–water partition coefficient (Wildman–Crippen LogP) is 3.46. The first-order valence-electron chi connectivity index (χ1n) is 10.3. The molecule has 2 aliphatic rings. The van der Waals surface area contributed by atoms with E-state index in [0.29, 0.717) is 29.8 Å².